The molecule has 0 rings (SSSR count). The van der Waals surface area contributed by atoms with E-state index < -0.39 is 0 Å². The van der Waals surface area contributed by atoms with Crippen LogP contribution in [0.1, 0.15) is 156 Å². The van der Waals surface area contributed by atoms with Crippen LogP contribution < -0.4 is 0 Å². The molecule has 0 bridgehead atoms. The summed E-state index contributed by atoms with van der Waals surface area (Å²) in [6.07, 6.45) is 22.9. The summed E-state index contributed by atoms with van der Waals surface area (Å²) in [6, 6.07) is 0. The molecule has 1 unspecified atom stereocenters. The second kappa shape index (κ2) is 24.6. The predicted molar refractivity (Wildman–Crippen MR) is 135 cm³/mol. The molecule has 0 N–H and O–H groups in total. The van der Waals surface area contributed by atoms with E-state index >= 15 is 0 Å². The lowest BCUT2D eigenvalue weighted by atomic mass is 10.1. The lowest BCUT2D eigenvalue weighted by Crippen LogP contribution is -2.17. The van der Waals surface area contributed by atoms with Gasteiger partial charge in [0.15, 0.2) is 0 Å². The van der Waals surface area contributed by atoms with Gasteiger partial charge in [-0.15, -0.1) is 0 Å². The molecule has 0 aliphatic carbocycles. The molecule has 0 aromatic carbocycles. The Kier molecular flexibility index (Phi) is 23.8. The Morgan fingerprint density at radius 1 is 0.562 bits per heavy atom. The fraction of sp³-hybridized carbons (Fsp3) is 0.929. The topological polar surface area (TPSA) is 52.6 Å². The number of esters is 2. The van der Waals surface area contributed by atoms with Crippen LogP contribution in [0.5, 0.6) is 0 Å². The number of hydrogen-bond donors (Lipinski definition) is 0. The highest BCUT2D eigenvalue weighted by Gasteiger charge is 2.12. The third-order valence-electron chi connectivity index (χ3n) is 6.16. The lowest BCUT2D eigenvalue weighted by Gasteiger charge is -2.16. The van der Waals surface area contributed by atoms with Gasteiger partial charge >= 0.3 is 11.9 Å². The fourth-order valence-corrected chi connectivity index (χ4v) is 3.95. The highest BCUT2D eigenvalue weighted by atomic mass is 16.5. The van der Waals surface area contributed by atoms with Gasteiger partial charge in [-0.2, -0.15) is 0 Å². The zero-order valence-corrected chi connectivity index (χ0v) is 21.8. The largest absolute Gasteiger partial charge is 0.466 e. The van der Waals surface area contributed by atoms with Crippen LogP contribution in [0.4, 0.5) is 0 Å². The first kappa shape index (κ1) is 30.9. The van der Waals surface area contributed by atoms with Gasteiger partial charge in [0.1, 0.15) is 6.10 Å². The molecule has 0 amide bonds. The van der Waals surface area contributed by atoms with E-state index in [1.807, 2.05) is 0 Å². The van der Waals surface area contributed by atoms with Gasteiger partial charge in [-0.3, -0.25) is 9.59 Å². The van der Waals surface area contributed by atoms with E-state index in [9.17, 15) is 9.59 Å². The minimum Gasteiger partial charge on any atom is -0.466 e. The van der Waals surface area contributed by atoms with E-state index in [-0.39, 0.29) is 18.0 Å². The van der Waals surface area contributed by atoms with Gasteiger partial charge in [0, 0.05) is 12.8 Å². The summed E-state index contributed by atoms with van der Waals surface area (Å²) >= 11 is 0. The summed E-state index contributed by atoms with van der Waals surface area (Å²) < 4.78 is 10.9. The van der Waals surface area contributed by atoms with Crippen LogP contribution >= 0.6 is 0 Å². The van der Waals surface area contributed by atoms with Crippen molar-refractivity contribution in [2.75, 3.05) is 6.61 Å². The molecule has 190 valence electrons. The Morgan fingerprint density at radius 3 is 1.59 bits per heavy atom. The van der Waals surface area contributed by atoms with Crippen molar-refractivity contribution in [3.63, 3.8) is 0 Å². The minimum atomic E-state index is -0.0416. The summed E-state index contributed by atoms with van der Waals surface area (Å²) in [4.78, 5) is 23.8. The molecule has 0 saturated heterocycles. The van der Waals surface area contributed by atoms with Crippen molar-refractivity contribution in [3.8, 4) is 0 Å². The Bertz CT molecular complexity index is 422. The second-order valence-corrected chi connectivity index (χ2v) is 9.33. The summed E-state index contributed by atoms with van der Waals surface area (Å²) in [7, 11) is 0. The molecule has 1 atom stereocenters. The van der Waals surface area contributed by atoms with E-state index in [2.05, 4.69) is 20.8 Å². The van der Waals surface area contributed by atoms with Gasteiger partial charge in [-0.05, 0) is 38.5 Å². The average Bonchev–Trinajstić information content (AvgIpc) is 2.79. The molecular weight excluding hydrogens is 400 g/mol. The highest BCUT2D eigenvalue weighted by molar-refractivity contribution is 5.69. The second-order valence-electron chi connectivity index (χ2n) is 9.33. The molecule has 0 aliphatic heterocycles. The monoisotopic (exact) mass is 454 g/mol. The van der Waals surface area contributed by atoms with Crippen molar-refractivity contribution in [2.45, 2.75) is 162 Å². The molecule has 0 spiro atoms. The van der Waals surface area contributed by atoms with Crippen molar-refractivity contribution in [1.29, 1.82) is 0 Å². The van der Waals surface area contributed by atoms with E-state index in [1.54, 1.807) is 0 Å². The van der Waals surface area contributed by atoms with Crippen LogP contribution in [0.25, 0.3) is 0 Å². The van der Waals surface area contributed by atoms with E-state index in [1.165, 1.54) is 57.8 Å². The van der Waals surface area contributed by atoms with E-state index in [0.29, 0.717) is 19.4 Å². The number of ether oxygens (including phenoxy) is 2. The summed E-state index contributed by atoms with van der Waals surface area (Å²) in [5.41, 5.74) is 0. The normalized spacial score (nSPS) is 12.0. The van der Waals surface area contributed by atoms with Crippen LogP contribution in [-0.2, 0) is 19.1 Å². The number of hydrogen-bond acceptors (Lipinski definition) is 4. The number of unbranched alkanes of at least 4 members (excludes halogenated alkanes) is 14. The molecule has 0 radical (unpaired) electrons. The molecule has 0 fully saturated rings. The molecule has 4 nitrogen and oxygen atoms in total. The third kappa shape index (κ3) is 22.1. The average molecular weight is 455 g/mol. The van der Waals surface area contributed by atoms with Crippen LogP contribution in [-0.4, -0.2) is 24.6 Å². The van der Waals surface area contributed by atoms with Crippen molar-refractivity contribution < 1.29 is 19.1 Å². The quantitative estimate of drug-likeness (QED) is 0.108. The maximum Gasteiger partial charge on any atom is 0.306 e. The molecule has 0 heterocycles. The zero-order valence-electron chi connectivity index (χ0n) is 21.8. The first-order valence-corrected chi connectivity index (χ1v) is 14.0. The fourth-order valence-electron chi connectivity index (χ4n) is 3.95. The minimum absolute atomic E-state index is 0.0346. The molecule has 0 saturated carbocycles. The molecule has 32 heavy (non-hydrogen) atoms. The lowest BCUT2D eigenvalue weighted by molar-refractivity contribution is -0.149. The van der Waals surface area contributed by atoms with Crippen molar-refractivity contribution in [3.05, 3.63) is 0 Å². The standard InChI is InChI=1S/C28H54O4/c1-4-7-9-10-11-14-17-21-25-31-27(29)23-19-15-12-13-16-20-24-28(30)32-26(6-3)22-18-8-5-2/h26H,4-25H2,1-3H3. The third-order valence-corrected chi connectivity index (χ3v) is 6.16. The van der Waals surface area contributed by atoms with Crippen molar-refractivity contribution >= 4 is 11.9 Å². The Hall–Kier alpha value is -1.06. The van der Waals surface area contributed by atoms with Crippen molar-refractivity contribution in [2.24, 2.45) is 0 Å². The maximum atomic E-state index is 12.0. The molecule has 4 heteroatoms. The SMILES string of the molecule is CCCCCCCCCCOC(=O)CCCCCCCCC(=O)OC(CC)CCCCC. The van der Waals surface area contributed by atoms with Gasteiger partial charge in [0.25, 0.3) is 0 Å². The van der Waals surface area contributed by atoms with Crippen LogP contribution in [0.2, 0.25) is 0 Å². The zero-order chi connectivity index (χ0) is 23.7. The Balaban J connectivity index is 3.41. The number of carbonyl (C=O) groups is 2. The smallest absolute Gasteiger partial charge is 0.306 e. The predicted octanol–water partition coefficient (Wildman–Crippen LogP) is 8.69. The van der Waals surface area contributed by atoms with Crippen molar-refractivity contribution in [1.82, 2.24) is 0 Å². The van der Waals surface area contributed by atoms with Gasteiger partial charge in [-0.1, -0.05) is 104 Å². The van der Waals surface area contributed by atoms with Crippen LogP contribution in [0.15, 0.2) is 0 Å². The molecule has 0 aromatic heterocycles. The maximum absolute atomic E-state index is 12.0. The van der Waals surface area contributed by atoms with Crippen LogP contribution in [0, 0.1) is 0 Å². The Morgan fingerprint density at radius 2 is 1.03 bits per heavy atom. The van der Waals surface area contributed by atoms with Gasteiger partial charge in [0.2, 0.25) is 0 Å². The van der Waals surface area contributed by atoms with Gasteiger partial charge in [0.05, 0.1) is 6.61 Å². The first-order valence-electron chi connectivity index (χ1n) is 14.0. The van der Waals surface area contributed by atoms with E-state index in [0.717, 1.165) is 64.2 Å². The van der Waals surface area contributed by atoms with Gasteiger partial charge in [-0.25, -0.2) is 0 Å². The van der Waals surface area contributed by atoms with Crippen LogP contribution in [0.3, 0.4) is 0 Å². The first-order chi connectivity index (χ1) is 15.6. The molecule has 0 aliphatic rings. The molecule has 0 aromatic rings. The van der Waals surface area contributed by atoms with Gasteiger partial charge < -0.3 is 9.47 Å². The highest BCUT2D eigenvalue weighted by Crippen LogP contribution is 2.14. The summed E-state index contributed by atoms with van der Waals surface area (Å²) in [6.45, 7) is 7.11. The number of rotatable bonds is 24. The summed E-state index contributed by atoms with van der Waals surface area (Å²) in [5.74, 6) is -0.0762. The van der Waals surface area contributed by atoms with E-state index in [4.69, 9.17) is 9.47 Å². The summed E-state index contributed by atoms with van der Waals surface area (Å²) in [5, 5.41) is 0. The Labute approximate surface area is 199 Å². The number of carbonyl (C=O) groups excluding carboxylic acids is 2. The molecular formula is C28H54O4.